The zero-order valence-corrected chi connectivity index (χ0v) is 11.8. The summed E-state index contributed by atoms with van der Waals surface area (Å²) < 4.78 is 26.8. The fraction of sp³-hybridized carbons (Fsp3) is 0.625. The van der Waals surface area contributed by atoms with E-state index in [-0.39, 0.29) is 11.7 Å². The molecular weight excluding hydrogens is 244 g/mol. The lowest BCUT2D eigenvalue weighted by molar-refractivity contribution is 0.415. The van der Waals surface area contributed by atoms with Crippen LogP contribution in [-0.2, 0) is 0 Å². The van der Waals surface area contributed by atoms with Crippen molar-refractivity contribution in [2.45, 2.75) is 39.0 Å². The maximum atomic E-state index is 13.9. The Labute approximate surface area is 114 Å². The first-order valence-electron chi connectivity index (χ1n) is 7.23. The van der Waals surface area contributed by atoms with Gasteiger partial charge in [0, 0.05) is 6.07 Å². The lowest BCUT2D eigenvalue weighted by Gasteiger charge is -2.21. The molecule has 1 nitrogen and oxygen atoms in total. The molecule has 1 saturated carbocycles. The Morgan fingerprint density at radius 3 is 2.74 bits per heavy atom. The molecule has 0 aromatic heterocycles. The van der Waals surface area contributed by atoms with Gasteiger partial charge in [0.1, 0.15) is 11.6 Å². The molecule has 3 heteroatoms. The molecule has 1 N–H and O–H groups in total. The van der Waals surface area contributed by atoms with Crippen LogP contribution in [0, 0.1) is 23.5 Å². The van der Waals surface area contributed by atoms with Crippen LogP contribution in [0.3, 0.4) is 0 Å². The molecule has 19 heavy (non-hydrogen) atoms. The van der Waals surface area contributed by atoms with Crippen LogP contribution in [0.4, 0.5) is 8.78 Å². The lowest BCUT2D eigenvalue weighted by Crippen LogP contribution is -2.28. The molecule has 0 amide bonds. The smallest absolute Gasteiger partial charge is 0.129 e. The second-order valence-corrected chi connectivity index (χ2v) is 6.02. The first-order valence-corrected chi connectivity index (χ1v) is 7.23. The monoisotopic (exact) mass is 267 g/mol. The van der Waals surface area contributed by atoms with Gasteiger partial charge < -0.3 is 5.32 Å². The Balaban J connectivity index is 2.01. The van der Waals surface area contributed by atoms with E-state index in [4.69, 9.17) is 0 Å². The predicted octanol–water partition coefficient (Wildman–Crippen LogP) is 4.09. The lowest BCUT2D eigenvalue weighted by atomic mass is 9.88. The minimum absolute atomic E-state index is 0.236. The van der Waals surface area contributed by atoms with Gasteiger partial charge in [-0.3, -0.25) is 0 Å². The number of halogens is 2. The first kappa shape index (κ1) is 14.4. The molecule has 1 aromatic rings. The summed E-state index contributed by atoms with van der Waals surface area (Å²) in [6, 6.07) is 4.00. The van der Waals surface area contributed by atoms with Crippen LogP contribution >= 0.6 is 0 Å². The second kappa shape index (κ2) is 6.47. The highest BCUT2D eigenvalue weighted by Crippen LogP contribution is 2.40. The fourth-order valence-electron chi connectivity index (χ4n) is 3.05. The van der Waals surface area contributed by atoms with Gasteiger partial charge in [-0.15, -0.1) is 0 Å². The zero-order chi connectivity index (χ0) is 13.8. The molecule has 0 aliphatic heterocycles. The van der Waals surface area contributed by atoms with Gasteiger partial charge in [0.15, 0.2) is 0 Å². The fourth-order valence-corrected chi connectivity index (χ4v) is 3.05. The molecule has 2 unspecified atom stereocenters. The summed E-state index contributed by atoms with van der Waals surface area (Å²) in [5.41, 5.74) is 0.690. The molecule has 1 fully saturated rings. The molecule has 1 aliphatic carbocycles. The van der Waals surface area contributed by atoms with E-state index in [0.717, 1.165) is 38.4 Å². The third kappa shape index (κ3) is 3.75. The predicted molar refractivity (Wildman–Crippen MR) is 74.1 cm³/mol. The molecular formula is C16H23F2N. The second-order valence-electron chi connectivity index (χ2n) is 6.02. The van der Waals surface area contributed by atoms with Crippen molar-refractivity contribution in [2.75, 3.05) is 13.1 Å². The van der Waals surface area contributed by atoms with E-state index in [9.17, 15) is 8.78 Å². The van der Waals surface area contributed by atoms with Gasteiger partial charge in [-0.25, -0.2) is 8.78 Å². The van der Waals surface area contributed by atoms with Crippen molar-refractivity contribution < 1.29 is 8.78 Å². The summed E-state index contributed by atoms with van der Waals surface area (Å²) in [4.78, 5) is 0. The summed E-state index contributed by atoms with van der Waals surface area (Å²) in [7, 11) is 0. The van der Waals surface area contributed by atoms with Crippen molar-refractivity contribution in [1.82, 2.24) is 5.32 Å². The van der Waals surface area contributed by atoms with Crippen LogP contribution < -0.4 is 5.32 Å². The van der Waals surface area contributed by atoms with Crippen molar-refractivity contribution in [3.8, 4) is 0 Å². The molecule has 1 aromatic carbocycles. The molecule has 0 spiro atoms. The molecule has 2 rings (SSSR count). The molecule has 106 valence electrons. The minimum atomic E-state index is -0.492. The Bertz CT molecular complexity index is 417. The van der Waals surface area contributed by atoms with Gasteiger partial charge in [0.25, 0.3) is 0 Å². The topological polar surface area (TPSA) is 12.0 Å². The van der Waals surface area contributed by atoms with Gasteiger partial charge in [0.2, 0.25) is 0 Å². The zero-order valence-electron chi connectivity index (χ0n) is 11.8. The van der Waals surface area contributed by atoms with E-state index < -0.39 is 5.82 Å². The molecule has 0 radical (unpaired) electrons. The molecule has 0 saturated heterocycles. The highest BCUT2D eigenvalue weighted by atomic mass is 19.1. The van der Waals surface area contributed by atoms with E-state index in [1.54, 1.807) is 6.07 Å². The maximum absolute atomic E-state index is 13.9. The molecule has 0 bridgehead atoms. The standard InChI is InChI=1S/C16H23F2N/c1-11(2)9-19-10-12-4-3-5-14(12)15-7-6-13(17)8-16(15)18/h6-8,11-12,14,19H,3-5,9-10H2,1-2H3. The largest absolute Gasteiger partial charge is 0.316 e. The van der Waals surface area contributed by atoms with Crippen LogP contribution in [0.1, 0.15) is 44.6 Å². The van der Waals surface area contributed by atoms with Crippen LogP contribution in [0.25, 0.3) is 0 Å². The van der Waals surface area contributed by atoms with Gasteiger partial charge in [-0.05, 0) is 55.3 Å². The molecule has 1 aliphatic rings. The highest BCUT2D eigenvalue weighted by Gasteiger charge is 2.30. The Morgan fingerprint density at radius 1 is 1.26 bits per heavy atom. The van der Waals surface area contributed by atoms with Gasteiger partial charge in [0.05, 0.1) is 0 Å². The van der Waals surface area contributed by atoms with Gasteiger partial charge >= 0.3 is 0 Å². The normalized spacial score (nSPS) is 23.2. The summed E-state index contributed by atoms with van der Waals surface area (Å²) in [6.45, 7) is 6.28. The van der Waals surface area contributed by atoms with Crippen molar-refractivity contribution in [2.24, 2.45) is 11.8 Å². The number of hydrogen-bond donors (Lipinski definition) is 1. The minimum Gasteiger partial charge on any atom is -0.316 e. The number of benzene rings is 1. The van der Waals surface area contributed by atoms with E-state index in [0.29, 0.717) is 17.4 Å². The van der Waals surface area contributed by atoms with E-state index >= 15 is 0 Å². The average molecular weight is 267 g/mol. The van der Waals surface area contributed by atoms with E-state index in [1.165, 1.54) is 6.07 Å². The Kier molecular flexibility index (Phi) is 4.92. The SMILES string of the molecule is CC(C)CNCC1CCCC1c1ccc(F)cc1F. The summed E-state index contributed by atoms with van der Waals surface area (Å²) in [5, 5.41) is 3.46. The highest BCUT2D eigenvalue weighted by molar-refractivity contribution is 5.24. The summed E-state index contributed by atoms with van der Waals surface area (Å²) >= 11 is 0. The summed E-state index contributed by atoms with van der Waals surface area (Å²) in [6.07, 6.45) is 3.28. The first-order chi connectivity index (χ1) is 9.08. The van der Waals surface area contributed by atoms with Crippen LogP contribution in [0.15, 0.2) is 18.2 Å². The molecule has 0 heterocycles. The van der Waals surface area contributed by atoms with Crippen molar-refractivity contribution in [1.29, 1.82) is 0 Å². The van der Waals surface area contributed by atoms with Crippen LogP contribution in [0.2, 0.25) is 0 Å². The van der Waals surface area contributed by atoms with Gasteiger partial charge in [-0.1, -0.05) is 26.3 Å². The number of rotatable bonds is 5. The summed E-state index contributed by atoms with van der Waals surface area (Å²) in [5.74, 6) is 0.455. The van der Waals surface area contributed by atoms with Crippen molar-refractivity contribution >= 4 is 0 Å². The number of hydrogen-bond acceptors (Lipinski definition) is 1. The molecule has 2 atom stereocenters. The Morgan fingerprint density at radius 2 is 2.05 bits per heavy atom. The maximum Gasteiger partial charge on any atom is 0.129 e. The average Bonchev–Trinajstić information content (AvgIpc) is 2.77. The van der Waals surface area contributed by atoms with E-state index in [2.05, 4.69) is 19.2 Å². The third-order valence-corrected chi connectivity index (χ3v) is 3.98. The van der Waals surface area contributed by atoms with Crippen LogP contribution in [-0.4, -0.2) is 13.1 Å². The Hall–Kier alpha value is -0.960. The third-order valence-electron chi connectivity index (χ3n) is 3.98. The van der Waals surface area contributed by atoms with Gasteiger partial charge in [-0.2, -0.15) is 0 Å². The van der Waals surface area contributed by atoms with E-state index in [1.807, 2.05) is 0 Å². The van der Waals surface area contributed by atoms with Crippen molar-refractivity contribution in [3.63, 3.8) is 0 Å². The quantitative estimate of drug-likeness (QED) is 0.847. The number of nitrogens with one attached hydrogen (secondary N) is 1. The van der Waals surface area contributed by atoms with Crippen molar-refractivity contribution in [3.05, 3.63) is 35.4 Å². The van der Waals surface area contributed by atoms with Crippen LogP contribution in [0.5, 0.6) is 0 Å².